The van der Waals surface area contributed by atoms with Crippen LogP contribution in [0.2, 0.25) is 0 Å². The topological polar surface area (TPSA) is 45.6 Å². The molecule has 4 heteroatoms. The van der Waals surface area contributed by atoms with Crippen LogP contribution in [0, 0.1) is 20.8 Å². The second-order valence-corrected chi connectivity index (χ2v) is 7.75. The average molecular weight is 377 g/mol. The van der Waals surface area contributed by atoms with Crippen LogP contribution >= 0.6 is 0 Å². The molecule has 0 aliphatic carbocycles. The summed E-state index contributed by atoms with van der Waals surface area (Å²) in [5.74, 6) is 0.819. The molecule has 0 amide bonds. The molecule has 0 spiro atoms. The summed E-state index contributed by atoms with van der Waals surface area (Å²) in [5.41, 5.74) is 6.80. The molecule has 1 aliphatic rings. The zero-order valence-electron chi connectivity index (χ0n) is 16.9. The molecule has 1 N–H and O–H groups in total. The van der Waals surface area contributed by atoms with Gasteiger partial charge in [0.25, 0.3) is 0 Å². The van der Waals surface area contributed by atoms with Gasteiger partial charge < -0.3 is 14.7 Å². The van der Waals surface area contributed by atoms with Crippen LogP contribution in [0.3, 0.4) is 0 Å². The molecule has 1 saturated heterocycles. The highest BCUT2D eigenvalue weighted by atomic mass is 16.5. The summed E-state index contributed by atoms with van der Waals surface area (Å²) in [6.45, 7) is 8.02. The SMILES string of the molecule is Cc1ccc2cccc(OCc3c(C)ccc(N4CCC[C@@H]4CO)c3C)c2n1. The molecular formula is C24H28N2O2. The van der Waals surface area contributed by atoms with Crippen molar-refractivity contribution in [2.75, 3.05) is 18.1 Å². The molecule has 1 atom stereocenters. The summed E-state index contributed by atoms with van der Waals surface area (Å²) >= 11 is 0. The van der Waals surface area contributed by atoms with Gasteiger partial charge in [-0.05, 0) is 68.5 Å². The Morgan fingerprint density at radius 3 is 2.79 bits per heavy atom. The van der Waals surface area contributed by atoms with Crippen LogP contribution in [0.4, 0.5) is 5.69 Å². The first kappa shape index (κ1) is 18.8. The molecule has 0 saturated carbocycles. The molecule has 28 heavy (non-hydrogen) atoms. The van der Waals surface area contributed by atoms with Gasteiger partial charge >= 0.3 is 0 Å². The highest BCUT2D eigenvalue weighted by Gasteiger charge is 2.26. The quantitative estimate of drug-likeness (QED) is 0.701. The Bertz CT molecular complexity index is 999. The van der Waals surface area contributed by atoms with Crippen LogP contribution in [0.25, 0.3) is 10.9 Å². The molecule has 1 aromatic heterocycles. The summed E-state index contributed by atoms with van der Waals surface area (Å²) in [6.07, 6.45) is 2.18. The number of aromatic nitrogens is 1. The van der Waals surface area contributed by atoms with Crippen LogP contribution in [-0.4, -0.2) is 29.3 Å². The van der Waals surface area contributed by atoms with Crippen LogP contribution in [0.1, 0.15) is 35.2 Å². The number of benzene rings is 2. The first-order chi connectivity index (χ1) is 13.6. The van der Waals surface area contributed by atoms with Crippen molar-refractivity contribution in [2.24, 2.45) is 0 Å². The summed E-state index contributed by atoms with van der Waals surface area (Å²) < 4.78 is 6.26. The van der Waals surface area contributed by atoms with E-state index < -0.39 is 0 Å². The fourth-order valence-corrected chi connectivity index (χ4v) is 4.24. The smallest absolute Gasteiger partial charge is 0.146 e. The lowest BCUT2D eigenvalue weighted by atomic mass is 10.0. The largest absolute Gasteiger partial charge is 0.487 e. The van der Waals surface area contributed by atoms with Crippen LogP contribution < -0.4 is 9.64 Å². The number of hydrogen-bond acceptors (Lipinski definition) is 4. The number of ether oxygens (including phenoxy) is 1. The second kappa shape index (κ2) is 7.80. The van der Waals surface area contributed by atoms with Gasteiger partial charge in [0.05, 0.1) is 12.6 Å². The standard InChI is InChI=1S/C24H28N2O2/c1-16-9-12-22(26-13-5-7-20(26)14-27)18(3)21(16)15-28-23-8-4-6-19-11-10-17(2)25-24(19)23/h4,6,8-12,20,27H,5,7,13-15H2,1-3H3/t20-/m1/s1. The Morgan fingerprint density at radius 2 is 1.96 bits per heavy atom. The summed E-state index contributed by atoms with van der Waals surface area (Å²) in [5, 5.41) is 10.8. The number of nitrogens with zero attached hydrogens (tertiary/aromatic N) is 2. The lowest BCUT2D eigenvalue weighted by molar-refractivity contribution is 0.266. The molecule has 1 aliphatic heterocycles. The lowest BCUT2D eigenvalue weighted by Crippen LogP contribution is -2.32. The van der Waals surface area contributed by atoms with Gasteiger partial charge in [0.15, 0.2) is 0 Å². The number of aliphatic hydroxyl groups excluding tert-OH is 1. The summed E-state index contributed by atoms with van der Waals surface area (Å²) in [4.78, 5) is 7.02. The van der Waals surface area contributed by atoms with Crippen molar-refractivity contribution < 1.29 is 9.84 Å². The van der Waals surface area contributed by atoms with Gasteiger partial charge in [-0.1, -0.05) is 24.3 Å². The molecule has 4 nitrogen and oxygen atoms in total. The van der Waals surface area contributed by atoms with E-state index in [-0.39, 0.29) is 12.6 Å². The lowest BCUT2D eigenvalue weighted by Gasteiger charge is -2.28. The highest BCUT2D eigenvalue weighted by Crippen LogP contribution is 2.33. The number of aryl methyl sites for hydroxylation is 2. The van der Waals surface area contributed by atoms with Crippen LogP contribution in [0.5, 0.6) is 5.75 Å². The minimum atomic E-state index is 0.209. The van der Waals surface area contributed by atoms with Crippen molar-refractivity contribution in [3.63, 3.8) is 0 Å². The number of para-hydroxylation sites is 1. The third kappa shape index (κ3) is 3.45. The monoisotopic (exact) mass is 376 g/mol. The van der Waals surface area contributed by atoms with Gasteiger partial charge in [-0.2, -0.15) is 0 Å². The average Bonchev–Trinajstić information content (AvgIpc) is 3.16. The van der Waals surface area contributed by atoms with Gasteiger partial charge in [-0.3, -0.25) is 0 Å². The van der Waals surface area contributed by atoms with Gasteiger partial charge in [-0.15, -0.1) is 0 Å². The first-order valence-electron chi connectivity index (χ1n) is 10.0. The van der Waals surface area contributed by atoms with Crippen molar-refractivity contribution in [2.45, 2.75) is 46.3 Å². The number of pyridine rings is 1. The molecular weight excluding hydrogens is 348 g/mol. The summed E-state index contributed by atoms with van der Waals surface area (Å²) in [6, 6.07) is 14.8. The molecule has 2 aromatic carbocycles. The van der Waals surface area contributed by atoms with Crippen molar-refractivity contribution >= 4 is 16.6 Å². The van der Waals surface area contributed by atoms with E-state index in [1.54, 1.807) is 0 Å². The Kier molecular flexibility index (Phi) is 5.23. The van der Waals surface area contributed by atoms with E-state index in [0.29, 0.717) is 6.61 Å². The van der Waals surface area contributed by atoms with Gasteiger partial charge in [-0.25, -0.2) is 4.98 Å². The van der Waals surface area contributed by atoms with E-state index in [1.165, 1.54) is 22.4 Å². The van der Waals surface area contributed by atoms with E-state index in [9.17, 15) is 5.11 Å². The third-order valence-electron chi connectivity index (χ3n) is 5.90. The Morgan fingerprint density at radius 1 is 1.11 bits per heavy atom. The number of fused-ring (bicyclic) bond motifs is 1. The van der Waals surface area contributed by atoms with E-state index in [1.807, 2.05) is 25.1 Å². The number of anilines is 1. The summed E-state index contributed by atoms with van der Waals surface area (Å²) in [7, 11) is 0. The van der Waals surface area contributed by atoms with Crippen molar-refractivity contribution in [1.29, 1.82) is 0 Å². The van der Waals surface area contributed by atoms with Gasteiger partial charge in [0.1, 0.15) is 17.9 Å². The van der Waals surface area contributed by atoms with Crippen molar-refractivity contribution in [3.8, 4) is 5.75 Å². The van der Waals surface area contributed by atoms with Crippen LogP contribution in [-0.2, 0) is 6.61 Å². The molecule has 2 heterocycles. The third-order valence-corrected chi connectivity index (χ3v) is 5.90. The Hall–Kier alpha value is -2.59. The molecule has 0 radical (unpaired) electrons. The molecule has 0 bridgehead atoms. The van der Waals surface area contributed by atoms with E-state index >= 15 is 0 Å². The molecule has 3 aromatic rings. The maximum atomic E-state index is 9.71. The Balaban J connectivity index is 1.64. The van der Waals surface area contributed by atoms with Crippen LogP contribution in [0.15, 0.2) is 42.5 Å². The van der Waals surface area contributed by atoms with Crippen molar-refractivity contribution in [1.82, 2.24) is 4.98 Å². The molecule has 4 rings (SSSR count). The van der Waals surface area contributed by atoms with Gasteiger partial charge in [0, 0.05) is 23.3 Å². The normalized spacial score (nSPS) is 16.7. The predicted molar refractivity (Wildman–Crippen MR) is 114 cm³/mol. The molecule has 0 unspecified atom stereocenters. The number of rotatable bonds is 5. The minimum absolute atomic E-state index is 0.209. The fourth-order valence-electron chi connectivity index (χ4n) is 4.24. The molecule has 1 fully saturated rings. The minimum Gasteiger partial charge on any atom is -0.487 e. The highest BCUT2D eigenvalue weighted by molar-refractivity contribution is 5.84. The number of aliphatic hydroxyl groups is 1. The van der Waals surface area contributed by atoms with E-state index in [0.717, 1.165) is 41.7 Å². The zero-order chi connectivity index (χ0) is 19.7. The maximum Gasteiger partial charge on any atom is 0.146 e. The second-order valence-electron chi connectivity index (χ2n) is 7.75. The van der Waals surface area contributed by atoms with E-state index in [2.05, 4.69) is 48.0 Å². The Labute approximate surface area is 166 Å². The fraction of sp³-hybridized carbons (Fsp3) is 0.375. The number of hydrogen-bond donors (Lipinski definition) is 1. The molecule has 146 valence electrons. The van der Waals surface area contributed by atoms with Gasteiger partial charge in [0.2, 0.25) is 0 Å². The first-order valence-corrected chi connectivity index (χ1v) is 10.0. The van der Waals surface area contributed by atoms with E-state index in [4.69, 9.17) is 4.74 Å². The van der Waals surface area contributed by atoms with Crippen molar-refractivity contribution in [3.05, 3.63) is 64.8 Å². The zero-order valence-corrected chi connectivity index (χ0v) is 16.9. The maximum absolute atomic E-state index is 9.71. The predicted octanol–water partition coefficient (Wildman–Crippen LogP) is 4.70.